The molecule has 5 rings (SSSR count). The summed E-state index contributed by atoms with van der Waals surface area (Å²) >= 11 is 0. The number of aromatic nitrogens is 2. The first-order valence-corrected chi connectivity index (χ1v) is 13.1. The van der Waals surface area contributed by atoms with Gasteiger partial charge in [0.1, 0.15) is 23.1 Å². The molecule has 1 aliphatic rings. The Morgan fingerprint density at radius 2 is 1.88 bits per heavy atom. The molecular formula is C30H30FN5O4. The summed E-state index contributed by atoms with van der Waals surface area (Å²) in [5.41, 5.74) is 1.36. The van der Waals surface area contributed by atoms with Crippen molar-refractivity contribution in [2.75, 3.05) is 18.0 Å². The van der Waals surface area contributed by atoms with Gasteiger partial charge in [-0.3, -0.25) is 9.36 Å². The highest BCUT2D eigenvalue weighted by Crippen LogP contribution is 2.33. The monoisotopic (exact) mass is 543 g/mol. The molecule has 2 aromatic carbocycles. The predicted molar refractivity (Wildman–Crippen MR) is 149 cm³/mol. The maximum Gasteiger partial charge on any atom is 0.407 e. The van der Waals surface area contributed by atoms with Gasteiger partial charge in [-0.25, -0.2) is 14.2 Å². The Morgan fingerprint density at radius 3 is 2.55 bits per heavy atom. The number of alkyl carbamates (subject to hydrolysis) is 1. The van der Waals surface area contributed by atoms with E-state index in [-0.39, 0.29) is 17.2 Å². The molecule has 1 saturated heterocycles. The zero-order valence-corrected chi connectivity index (χ0v) is 22.8. The number of halogens is 1. The molecule has 0 unspecified atom stereocenters. The highest BCUT2D eigenvalue weighted by Gasteiger charge is 2.27. The lowest BCUT2D eigenvalue weighted by Crippen LogP contribution is -2.47. The van der Waals surface area contributed by atoms with Crippen molar-refractivity contribution in [2.24, 2.45) is 7.05 Å². The quantitative estimate of drug-likeness (QED) is 0.368. The third-order valence-electron chi connectivity index (χ3n) is 6.87. The van der Waals surface area contributed by atoms with Gasteiger partial charge in [0.25, 0.3) is 5.56 Å². The van der Waals surface area contributed by atoms with Crippen molar-refractivity contribution in [2.45, 2.75) is 45.3 Å². The number of hydrogen-bond acceptors (Lipinski definition) is 7. The molecule has 0 saturated carbocycles. The number of nitrogens with zero attached hydrogens (tertiary/aromatic N) is 4. The average Bonchev–Trinajstić information content (AvgIpc) is 3.37. The minimum absolute atomic E-state index is 0.0730. The van der Waals surface area contributed by atoms with E-state index in [0.29, 0.717) is 59.8 Å². The summed E-state index contributed by atoms with van der Waals surface area (Å²) < 4.78 is 27.1. The van der Waals surface area contributed by atoms with Crippen molar-refractivity contribution in [3.63, 3.8) is 0 Å². The topological polar surface area (TPSA) is 113 Å². The Morgan fingerprint density at radius 1 is 1.15 bits per heavy atom. The number of nitrogens with one attached hydrogen (secondary N) is 1. The van der Waals surface area contributed by atoms with Gasteiger partial charge in [0.2, 0.25) is 5.95 Å². The Balaban J connectivity index is 1.52. The van der Waals surface area contributed by atoms with Crippen LogP contribution in [0.2, 0.25) is 0 Å². The third-order valence-corrected chi connectivity index (χ3v) is 6.87. The fraction of sp³-hybridized carbons (Fsp3) is 0.333. The normalized spacial score (nSPS) is 14.2. The summed E-state index contributed by atoms with van der Waals surface area (Å²) in [6, 6.07) is 13.2. The minimum atomic E-state index is -0.686. The molecule has 1 fully saturated rings. The minimum Gasteiger partial charge on any atom is -0.464 e. The lowest BCUT2D eigenvalue weighted by Gasteiger charge is -2.34. The number of rotatable bonds is 4. The van der Waals surface area contributed by atoms with Crippen molar-refractivity contribution in [3.05, 3.63) is 70.5 Å². The molecule has 0 radical (unpaired) electrons. The number of carbonyl (C=O) groups is 1. The molecule has 0 bridgehead atoms. The summed E-state index contributed by atoms with van der Waals surface area (Å²) in [4.78, 5) is 33.0. The second-order valence-corrected chi connectivity index (χ2v) is 10.9. The van der Waals surface area contributed by atoms with E-state index in [0.717, 1.165) is 5.39 Å². The van der Waals surface area contributed by atoms with Gasteiger partial charge in [-0.2, -0.15) is 5.26 Å². The average molecular weight is 544 g/mol. The molecule has 2 aromatic heterocycles. The lowest BCUT2D eigenvalue weighted by atomic mass is 9.98. The maximum atomic E-state index is 14.7. The van der Waals surface area contributed by atoms with Gasteiger partial charge in [-0.15, -0.1) is 0 Å². The highest BCUT2D eigenvalue weighted by molar-refractivity contribution is 5.88. The summed E-state index contributed by atoms with van der Waals surface area (Å²) in [7, 11) is 1.67. The van der Waals surface area contributed by atoms with Crippen LogP contribution in [0.1, 0.15) is 39.2 Å². The molecule has 0 atom stereocenters. The van der Waals surface area contributed by atoms with E-state index < -0.39 is 17.5 Å². The Bertz CT molecular complexity index is 1690. The van der Waals surface area contributed by atoms with Crippen LogP contribution in [-0.4, -0.2) is 40.4 Å². The first kappa shape index (κ1) is 26.9. The molecule has 10 heteroatoms. The largest absolute Gasteiger partial charge is 0.464 e. The van der Waals surface area contributed by atoms with Gasteiger partial charge >= 0.3 is 6.09 Å². The lowest BCUT2D eigenvalue weighted by molar-refractivity contribution is 0.0497. The number of anilines is 1. The maximum absolute atomic E-state index is 14.7. The SMILES string of the molecule is Cn1c(N2CCC(NC(=O)OC(C)(C)C)CC2)nc(-c2ccc(C#N)c(F)c2)c(-c2ccc3occc3c2)c1=O. The Labute approximate surface area is 230 Å². The van der Waals surface area contributed by atoms with Gasteiger partial charge < -0.3 is 19.4 Å². The van der Waals surface area contributed by atoms with E-state index in [1.54, 1.807) is 31.5 Å². The molecule has 0 spiro atoms. The van der Waals surface area contributed by atoms with E-state index in [1.807, 2.05) is 43.9 Å². The molecule has 9 nitrogen and oxygen atoms in total. The Hall–Kier alpha value is -4.65. The number of ether oxygens (including phenoxy) is 1. The zero-order chi connectivity index (χ0) is 28.6. The van der Waals surface area contributed by atoms with Gasteiger partial charge in [-0.05, 0) is 69.5 Å². The second-order valence-electron chi connectivity index (χ2n) is 10.9. The standard InChI is InChI=1S/C30H30FN5O4/c1-30(2,3)40-29(38)33-22-9-12-36(13-10-22)28-34-26(20-5-6-21(17-32)23(31)16-20)25(27(37)35(28)4)19-7-8-24-18(15-19)11-14-39-24/h5-8,11,14-16,22H,9-10,12-13H2,1-4H3,(H,33,38). The summed E-state index contributed by atoms with van der Waals surface area (Å²) in [6.07, 6.45) is 2.39. The summed E-state index contributed by atoms with van der Waals surface area (Å²) in [5, 5.41) is 12.9. The number of piperidine rings is 1. The molecule has 1 N–H and O–H groups in total. The number of amides is 1. The summed E-state index contributed by atoms with van der Waals surface area (Å²) in [6.45, 7) is 6.53. The molecule has 3 heterocycles. The van der Waals surface area contributed by atoms with Crippen LogP contribution in [0.15, 0.2) is 57.9 Å². The van der Waals surface area contributed by atoms with Gasteiger partial charge in [0.05, 0.1) is 23.1 Å². The van der Waals surface area contributed by atoms with Crippen molar-refractivity contribution >= 4 is 23.0 Å². The van der Waals surface area contributed by atoms with Crippen LogP contribution in [0.3, 0.4) is 0 Å². The first-order chi connectivity index (χ1) is 19.0. The van der Waals surface area contributed by atoms with Gasteiger partial charge in [0.15, 0.2) is 0 Å². The van der Waals surface area contributed by atoms with E-state index in [9.17, 15) is 19.2 Å². The summed E-state index contributed by atoms with van der Waals surface area (Å²) in [5.74, 6) is -0.247. The molecule has 1 aliphatic heterocycles. The number of carbonyl (C=O) groups excluding carboxylic acids is 1. The second kappa shape index (κ2) is 10.5. The van der Waals surface area contributed by atoms with Crippen LogP contribution in [0.5, 0.6) is 0 Å². The van der Waals surface area contributed by atoms with Gasteiger partial charge in [0, 0.05) is 37.1 Å². The highest BCUT2D eigenvalue weighted by atomic mass is 19.1. The fourth-order valence-electron chi connectivity index (χ4n) is 4.92. The third kappa shape index (κ3) is 5.41. The van der Waals surface area contributed by atoms with E-state index >= 15 is 0 Å². The number of furan rings is 1. The van der Waals surface area contributed by atoms with E-state index in [1.165, 1.54) is 16.7 Å². The van der Waals surface area contributed by atoms with Gasteiger partial charge in [-0.1, -0.05) is 12.1 Å². The molecule has 0 aliphatic carbocycles. The van der Waals surface area contributed by atoms with Crippen molar-refractivity contribution < 1.29 is 18.3 Å². The molecule has 4 aromatic rings. The van der Waals surface area contributed by atoms with Crippen molar-refractivity contribution in [1.82, 2.24) is 14.9 Å². The van der Waals surface area contributed by atoms with Crippen LogP contribution in [-0.2, 0) is 11.8 Å². The molecule has 40 heavy (non-hydrogen) atoms. The number of hydrogen-bond donors (Lipinski definition) is 1. The number of nitriles is 1. The molecular weight excluding hydrogens is 513 g/mol. The fourth-order valence-corrected chi connectivity index (χ4v) is 4.92. The van der Waals surface area contributed by atoms with Crippen molar-refractivity contribution in [1.29, 1.82) is 5.26 Å². The first-order valence-electron chi connectivity index (χ1n) is 13.1. The zero-order valence-electron chi connectivity index (χ0n) is 22.8. The van der Waals surface area contributed by atoms with E-state index in [4.69, 9.17) is 14.1 Å². The van der Waals surface area contributed by atoms with E-state index in [2.05, 4.69) is 5.32 Å². The predicted octanol–water partition coefficient (Wildman–Crippen LogP) is 5.36. The smallest absolute Gasteiger partial charge is 0.407 e. The van der Waals surface area contributed by atoms with Crippen LogP contribution in [0.25, 0.3) is 33.4 Å². The number of fused-ring (bicyclic) bond motifs is 1. The Kier molecular flexibility index (Phi) is 7.06. The van der Waals surface area contributed by atoms with Crippen LogP contribution in [0.4, 0.5) is 15.1 Å². The molecule has 1 amide bonds. The van der Waals surface area contributed by atoms with Crippen LogP contribution < -0.4 is 15.8 Å². The van der Waals surface area contributed by atoms with Crippen LogP contribution >= 0.6 is 0 Å². The van der Waals surface area contributed by atoms with Crippen LogP contribution in [0, 0.1) is 17.1 Å². The van der Waals surface area contributed by atoms with Crippen molar-refractivity contribution in [3.8, 4) is 28.5 Å². The molecule has 206 valence electrons. The number of benzene rings is 2.